The van der Waals surface area contributed by atoms with Crippen molar-refractivity contribution in [1.82, 2.24) is 4.98 Å². The number of benzene rings is 1. The fraction of sp³-hybridized carbons (Fsp3) is 0.412. The van der Waals surface area contributed by atoms with Gasteiger partial charge in [-0.05, 0) is 25.0 Å². The minimum absolute atomic E-state index is 0.124. The van der Waals surface area contributed by atoms with Gasteiger partial charge in [0.2, 0.25) is 5.91 Å². The van der Waals surface area contributed by atoms with Crippen molar-refractivity contribution in [2.75, 3.05) is 5.32 Å². The zero-order valence-electron chi connectivity index (χ0n) is 12.4. The Morgan fingerprint density at radius 2 is 2.14 bits per heavy atom. The van der Waals surface area contributed by atoms with E-state index in [1.165, 1.54) is 0 Å². The molecule has 0 bridgehead atoms. The van der Waals surface area contributed by atoms with Crippen LogP contribution in [-0.4, -0.2) is 21.6 Å². The lowest BCUT2D eigenvalue weighted by atomic mass is 9.82. The van der Waals surface area contributed by atoms with Gasteiger partial charge in [-0.25, -0.2) is 4.98 Å². The lowest BCUT2D eigenvalue weighted by Crippen LogP contribution is -2.35. The van der Waals surface area contributed by atoms with Gasteiger partial charge in [-0.3, -0.25) is 4.79 Å². The topological polar surface area (TPSA) is 62.2 Å². The summed E-state index contributed by atoms with van der Waals surface area (Å²) in [5.41, 5.74) is 0.913. The van der Waals surface area contributed by atoms with E-state index < -0.39 is 5.60 Å². The van der Waals surface area contributed by atoms with Gasteiger partial charge in [0.15, 0.2) is 0 Å². The van der Waals surface area contributed by atoms with Crippen LogP contribution < -0.4 is 5.32 Å². The highest BCUT2D eigenvalue weighted by atomic mass is 32.1. The molecule has 1 aliphatic carbocycles. The molecule has 22 heavy (non-hydrogen) atoms. The molecule has 4 nitrogen and oxygen atoms in total. The monoisotopic (exact) mass is 316 g/mol. The first-order valence-electron chi connectivity index (χ1n) is 7.67. The molecule has 1 amide bonds. The van der Waals surface area contributed by atoms with Crippen molar-refractivity contribution in [3.63, 3.8) is 0 Å². The van der Waals surface area contributed by atoms with Crippen LogP contribution in [0, 0.1) is 0 Å². The van der Waals surface area contributed by atoms with Gasteiger partial charge in [0.1, 0.15) is 5.01 Å². The lowest BCUT2D eigenvalue weighted by Gasteiger charge is -2.31. The highest BCUT2D eigenvalue weighted by Crippen LogP contribution is 2.31. The zero-order chi connectivity index (χ0) is 15.4. The number of amides is 1. The Kier molecular flexibility index (Phi) is 4.55. The Morgan fingerprint density at radius 1 is 1.32 bits per heavy atom. The van der Waals surface area contributed by atoms with Crippen LogP contribution in [0.5, 0.6) is 0 Å². The zero-order valence-corrected chi connectivity index (χ0v) is 13.2. The number of anilines is 1. The van der Waals surface area contributed by atoms with Crippen molar-refractivity contribution < 1.29 is 9.90 Å². The second-order valence-corrected chi connectivity index (χ2v) is 6.82. The Hall–Kier alpha value is -1.72. The number of carbonyl (C=O) groups is 1. The van der Waals surface area contributed by atoms with Crippen molar-refractivity contribution in [2.45, 2.75) is 44.1 Å². The van der Waals surface area contributed by atoms with E-state index in [4.69, 9.17) is 0 Å². The third kappa shape index (κ3) is 3.72. The summed E-state index contributed by atoms with van der Waals surface area (Å²) >= 11 is 1.57. The van der Waals surface area contributed by atoms with Crippen LogP contribution in [0.2, 0.25) is 0 Å². The maximum absolute atomic E-state index is 12.2. The number of rotatable bonds is 4. The molecule has 116 valence electrons. The third-order valence-electron chi connectivity index (χ3n) is 4.10. The molecule has 2 aromatic rings. The first kappa shape index (κ1) is 15.2. The van der Waals surface area contributed by atoms with E-state index in [0.717, 1.165) is 48.4 Å². The maximum atomic E-state index is 12.2. The van der Waals surface area contributed by atoms with Crippen molar-refractivity contribution in [1.29, 1.82) is 0 Å². The Morgan fingerprint density at radius 3 is 2.86 bits per heavy atom. The minimum Gasteiger partial charge on any atom is -0.389 e. The summed E-state index contributed by atoms with van der Waals surface area (Å²) in [6, 6.07) is 7.66. The molecular formula is C17H20N2O2S. The van der Waals surface area contributed by atoms with Crippen molar-refractivity contribution >= 4 is 22.9 Å². The van der Waals surface area contributed by atoms with Crippen LogP contribution in [0.25, 0.3) is 10.6 Å². The van der Waals surface area contributed by atoms with Crippen LogP contribution in [-0.2, 0) is 4.79 Å². The Labute approximate surface area is 134 Å². The highest BCUT2D eigenvalue weighted by Gasteiger charge is 2.31. The summed E-state index contributed by atoms with van der Waals surface area (Å²) < 4.78 is 0. The first-order chi connectivity index (χ1) is 10.6. The second-order valence-electron chi connectivity index (χ2n) is 5.93. The standard InChI is InChI=1S/C17H20N2O2S/c20-15(12-17(21)7-2-1-3-8-17)19-14-6-4-5-13(11-14)16-18-9-10-22-16/h4-6,9-11,21H,1-3,7-8,12H2,(H,19,20). The molecule has 1 saturated carbocycles. The predicted molar refractivity (Wildman–Crippen MR) is 88.8 cm³/mol. The van der Waals surface area contributed by atoms with E-state index in [9.17, 15) is 9.90 Å². The fourth-order valence-electron chi connectivity index (χ4n) is 2.99. The number of hydrogen-bond donors (Lipinski definition) is 2. The van der Waals surface area contributed by atoms with E-state index in [2.05, 4.69) is 10.3 Å². The molecule has 1 fully saturated rings. The lowest BCUT2D eigenvalue weighted by molar-refractivity contribution is -0.122. The van der Waals surface area contributed by atoms with E-state index >= 15 is 0 Å². The molecule has 2 N–H and O–H groups in total. The van der Waals surface area contributed by atoms with Crippen LogP contribution in [0.1, 0.15) is 38.5 Å². The first-order valence-corrected chi connectivity index (χ1v) is 8.55. The molecule has 1 aliphatic rings. The molecule has 1 aromatic heterocycles. The molecule has 0 radical (unpaired) electrons. The van der Waals surface area contributed by atoms with E-state index in [-0.39, 0.29) is 12.3 Å². The molecule has 1 aromatic carbocycles. The number of carbonyl (C=O) groups excluding carboxylic acids is 1. The molecule has 0 aliphatic heterocycles. The Balaban J connectivity index is 1.65. The summed E-state index contributed by atoms with van der Waals surface area (Å²) in [4.78, 5) is 16.5. The van der Waals surface area contributed by atoms with E-state index in [1.807, 2.05) is 29.6 Å². The summed E-state index contributed by atoms with van der Waals surface area (Å²) in [6.45, 7) is 0. The summed E-state index contributed by atoms with van der Waals surface area (Å²) in [5.74, 6) is -0.124. The van der Waals surface area contributed by atoms with Gasteiger partial charge >= 0.3 is 0 Å². The highest BCUT2D eigenvalue weighted by molar-refractivity contribution is 7.13. The van der Waals surface area contributed by atoms with Crippen LogP contribution in [0.3, 0.4) is 0 Å². The normalized spacial score (nSPS) is 17.1. The predicted octanol–water partition coefficient (Wildman–Crippen LogP) is 3.83. The van der Waals surface area contributed by atoms with Gasteiger partial charge in [0, 0.05) is 22.8 Å². The van der Waals surface area contributed by atoms with Gasteiger partial charge in [0.05, 0.1) is 12.0 Å². The maximum Gasteiger partial charge on any atom is 0.227 e. The molecule has 0 saturated heterocycles. The molecule has 0 atom stereocenters. The van der Waals surface area contributed by atoms with Gasteiger partial charge in [-0.15, -0.1) is 11.3 Å². The number of nitrogens with zero attached hydrogens (tertiary/aromatic N) is 1. The second kappa shape index (κ2) is 6.58. The van der Waals surface area contributed by atoms with Gasteiger partial charge in [-0.1, -0.05) is 31.4 Å². The quantitative estimate of drug-likeness (QED) is 0.901. The number of aliphatic hydroxyl groups is 1. The summed E-state index contributed by atoms with van der Waals surface area (Å²) in [7, 11) is 0. The van der Waals surface area contributed by atoms with Gasteiger partial charge in [-0.2, -0.15) is 0 Å². The molecule has 0 unspecified atom stereocenters. The number of hydrogen-bond acceptors (Lipinski definition) is 4. The average molecular weight is 316 g/mol. The third-order valence-corrected chi connectivity index (χ3v) is 4.92. The summed E-state index contributed by atoms with van der Waals surface area (Å²) in [5, 5.41) is 16.2. The van der Waals surface area contributed by atoms with Gasteiger partial charge in [0.25, 0.3) is 0 Å². The van der Waals surface area contributed by atoms with Gasteiger partial charge < -0.3 is 10.4 Å². The van der Waals surface area contributed by atoms with Crippen LogP contribution in [0.15, 0.2) is 35.8 Å². The van der Waals surface area contributed by atoms with Crippen LogP contribution >= 0.6 is 11.3 Å². The number of nitrogens with one attached hydrogen (secondary N) is 1. The van der Waals surface area contributed by atoms with Crippen molar-refractivity contribution in [2.24, 2.45) is 0 Å². The smallest absolute Gasteiger partial charge is 0.227 e. The van der Waals surface area contributed by atoms with E-state index in [0.29, 0.717) is 0 Å². The molecular weight excluding hydrogens is 296 g/mol. The average Bonchev–Trinajstić information content (AvgIpc) is 3.01. The Bertz CT molecular complexity index is 634. The number of thiazole rings is 1. The fourth-order valence-corrected chi connectivity index (χ4v) is 3.62. The SMILES string of the molecule is O=C(CC1(O)CCCCC1)Nc1cccc(-c2nccs2)c1. The van der Waals surface area contributed by atoms with Crippen molar-refractivity contribution in [3.8, 4) is 10.6 Å². The molecule has 3 rings (SSSR count). The largest absolute Gasteiger partial charge is 0.389 e. The van der Waals surface area contributed by atoms with Crippen molar-refractivity contribution in [3.05, 3.63) is 35.8 Å². The molecule has 1 heterocycles. The molecule has 5 heteroatoms. The minimum atomic E-state index is -0.824. The molecule has 0 spiro atoms. The number of aromatic nitrogens is 1. The summed E-state index contributed by atoms with van der Waals surface area (Å²) in [6.07, 6.45) is 6.55. The van der Waals surface area contributed by atoms with E-state index in [1.54, 1.807) is 17.5 Å². The van der Waals surface area contributed by atoms with Crippen LogP contribution in [0.4, 0.5) is 5.69 Å².